The highest BCUT2D eigenvalue weighted by Gasteiger charge is 2.46. The third-order valence-corrected chi connectivity index (χ3v) is 7.54. The van der Waals surface area contributed by atoms with Gasteiger partial charge in [-0.1, -0.05) is 52.0 Å². The van der Waals surface area contributed by atoms with E-state index >= 15 is 0 Å². The number of likely N-dealkylation sites (tertiary alicyclic amines) is 1. The Balaban J connectivity index is 1.70. The Labute approximate surface area is 232 Å². The van der Waals surface area contributed by atoms with Crippen LogP contribution in [0, 0.1) is 6.92 Å². The van der Waals surface area contributed by atoms with Gasteiger partial charge in [0, 0.05) is 31.7 Å². The number of amides is 1. The molecule has 7 heteroatoms. The fraction of sp³-hybridized carbons (Fsp3) is 0.500. The molecule has 2 fully saturated rings. The summed E-state index contributed by atoms with van der Waals surface area (Å²) in [7, 11) is 0. The van der Waals surface area contributed by atoms with Crippen molar-refractivity contribution in [2.45, 2.75) is 58.9 Å². The molecule has 2 aliphatic heterocycles. The lowest BCUT2D eigenvalue weighted by atomic mass is 9.85. The Morgan fingerprint density at radius 3 is 2.36 bits per heavy atom. The summed E-state index contributed by atoms with van der Waals surface area (Å²) in [6, 6.07) is 12.8. The van der Waals surface area contributed by atoms with E-state index in [9.17, 15) is 14.7 Å². The number of aliphatic hydroxyl groups excluding tert-OH is 1. The number of ether oxygens (including phenoxy) is 2. The third kappa shape index (κ3) is 6.53. The van der Waals surface area contributed by atoms with Crippen LogP contribution in [-0.2, 0) is 19.7 Å². The van der Waals surface area contributed by atoms with Crippen molar-refractivity contribution in [3.8, 4) is 5.75 Å². The molecular formula is C32H42N2O5. The van der Waals surface area contributed by atoms with E-state index in [0.29, 0.717) is 37.7 Å². The van der Waals surface area contributed by atoms with E-state index in [2.05, 4.69) is 25.7 Å². The van der Waals surface area contributed by atoms with Gasteiger partial charge in [-0.2, -0.15) is 0 Å². The maximum atomic E-state index is 13.5. The summed E-state index contributed by atoms with van der Waals surface area (Å²) in [6.07, 6.45) is 1.62. The van der Waals surface area contributed by atoms with Crippen LogP contribution in [0.5, 0.6) is 5.75 Å². The van der Waals surface area contributed by atoms with Crippen LogP contribution in [0.3, 0.4) is 0 Å². The summed E-state index contributed by atoms with van der Waals surface area (Å²) < 4.78 is 11.2. The minimum Gasteiger partial charge on any atom is -0.507 e. The van der Waals surface area contributed by atoms with E-state index in [1.165, 1.54) is 0 Å². The lowest BCUT2D eigenvalue weighted by Gasteiger charge is -2.29. The lowest BCUT2D eigenvalue weighted by molar-refractivity contribution is -0.140. The van der Waals surface area contributed by atoms with Crippen molar-refractivity contribution in [1.29, 1.82) is 0 Å². The Hall–Kier alpha value is -3.16. The summed E-state index contributed by atoms with van der Waals surface area (Å²) in [5, 5.41) is 11.5. The molecule has 1 amide bonds. The van der Waals surface area contributed by atoms with Crippen LogP contribution >= 0.6 is 0 Å². The van der Waals surface area contributed by atoms with Gasteiger partial charge in [-0.05, 0) is 60.1 Å². The van der Waals surface area contributed by atoms with Crippen molar-refractivity contribution in [3.05, 3.63) is 70.3 Å². The summed E-state index contributed by atoms with van der Waals surface area (Å²) in [5.41, 5.74) is 3.39. The van der Waals surface area contributed by atoms with Gasteiger partial charge < -0.3 is 19.5 Å². The van der Waals surface area contributed by atoms with E-state index in [-0.39, 0.29) is 16.7 Å². The topological polar surface area (TPSA) is 79.3 Å². The van der Waals surface area contributed by atoms with Crippen LogP contribution < -0.4 is 4.74 Å². The Morgan fingerprint density at radius 1 is 1.05 bits per heavy atom. The first kappa shape index (κ1) is 28.8. The quantitative estimate of drug-likeness (QED) is 0.270. The van der Waals surface area contributed by atoms with E-state index in [1.54, 1.807) is 17.0 Å². The van der Waals surface area contributed by atoms with E-state index < -0.39 is 17.7 Å². The normalized spacial score (nSPS) is 20.0. The van der Waals surface area contributed by atoms with Gasteiger partial charge in [-0.3, -0.25) is 14.5 Å². The highest BCUT2D eigenvalue weighted by Crippen LogP contribution is 2.41. The Kier molecular flexibility index (Phi) is 9.13. The van der Waals surface area contributed by atoms with Crippen LogP contribution in [0.2, 0.25) is 0 Å². The molecule has 1 atom stereocenters. The monoisotopic (exact) mass is 534 g/mol. The fourth-order valence-corrected chi connectivity index (χ4v) is 5.27. The zero-order valence-electron chi connectivity index (χ0n) is 24.0. The number of morpholine rings is 1. The van der Waals surface area contributed by atoms with Gasteiger partial charge in [-0.25, -0.2) is 0 Å². The first-order valence-electron chi connectivity index (χ1n) is 14.0. The molecule has 2 aromatic rings. The molecule has 0 bridgehead atoms. The fourth-order valence-electron chi connectivity index (χ4n) is 5.27. The second-order valence-electron chi connectivity index (χ2n) is 11.5. The molecule has 2 heterocycles. The average molecular weight is 535 g/mol. The van der Waals surface area contributed by atoms with Gasteiger partial charge in [0.05, 0.1) is 31.4 Å². The predicted octanol–water partition coefficient (Wildman–Crippen LogP) is 5.23. The van der Waals surface area contributed by atoms with Crippen LogP contribution in [0.25, 0.3) is 5.76 Å². The van der Waals surface area contributed by atoms with Crippen LogP contribution in [-0.4, -0.2) is 72.6 Å². The zero-order valence-corrected chi connectivity index (χ0v) is 24.0. The predicted molar refractivity (Wildman–Crippen MR) is 153 cm³/mol. The molecule has 0 aliphatic carbocycles. The molecule has 2 aromatic carbocycles. The summed E-state index contributed by atoms with van der Waals surface area (Å²) >= 11 is 0. The maximum Gasteiger partial charge on any atom is 0.295 e. The zero-order chi connectivity index (χ0) is 28.2. The number of benzene rings is 2. The van der Waals surface area contributed by atoms with E-state index in [1.807, 2.05) is 44.2 Å². The van der Waals surface area contributed by atoms with Crippen molar-refractivity contribution in [2.75, 3.05) is 46.0 Å². The van der Waals surface area contributed by atoms with Crippen molar-refractivity contribution >= 4 is 17.4 Å². The SMILES string of the molecule is CCCOc1ccc(C(O)=C2C(=O)C(=O)N(CCCN3CCOCC3)C2c2ccc(C(C)(C)C)cc2)c(C)c1. The number of aryl methyl sites for hydroxylation is 1. The molecule has 0 spiro atoms. The van der Waals surface area contributed by atoms with Crippen molar-refractivity contribution in [3.63, 3.8) is 0 Å². The third-order valence-electron chi connectivity index (χ3n) is 7.54. The Bertz CT molecular complexity index is 1210. The number of ketones is 1. The van der Waals surface area contributed by atoms with Crippen LogP contribution in [0.15, 0.2) is 48.0 Å². The summed E-state index contributed by atoms with van der Waals surface area (Å²) in [5.74, 6) is -0.643. The molecule has 1 N–H and O–H groups in total. The molecule has 39 heavy (non-hydrogen) atoms. The summed E-state index contributed by atoms with van der Waals surface area (Å²) in [6.45, 7) is 15.4. The molecule has 210 valence electrons. The van der Waals surface area contributed by atoms with E-state index in [0.717, 1.165) is 49.2 Å². The smallest absolute Gasteiger partial charge is 0.295 e. The Morgan fingerprint density at radius 2 is 1.74 bits per heavy atom. The maximum absolute atomic E-state index is 13.5. The number of carbonyl (C=O) groups is 2. The van der Waals surface area contributed by atoms with Gasteiger partial charge in [0.25, 0.3) is 11.7 Å². The molecule has 4 rings (SSSR count). The first-order valence-corrected chi connectivity index (χ1v) is 14.0. The second kappa shape index (κ2) is 12.3. The molecule has 7 nitrogen and oxygen atoms in total. The molecular weight excluding hydrogens is 492 g/mol. The molecule has 0 radical (unpaired) electrons. The highest BCUT2D eigenvalue weighted by molar-refractivity contribution is 6.46. The van der Waals surface area contributed by atoms with Crippen molar-refractivity contribution in [1.82, 2.24) is 9.80 Å². The number of aliphatic hydroxyl groups is 1. The summed E-state index contributed by atoms with van der Waals surface area (Å²) in [4.78, 5) is 30.8. The average Bonchev–Trinajstić information content (AvgIpc) is 3.17. The minimum absolute atomic E-state index is 0.0306. The molecule has 2 saturated heterocycles. The molecule has 2 aliphatic rings. The second-order valence-corrected chi connectivity index (χ2v) is 11.5. The molecule has 1 unspecified atom stereocenters. The standard InChI is InChI=1S/C32H42N2O5/c1-6-18-39-25-12-13-26(22(2)21-25)29(35)27-28(23-8-10-24(11-9-23)32(3,4)5)34(31(37)30(27)36)15-7-14-33-16-19-38-20-17-33/h8-13,21,28,35H,6-7,14-20H2,1-5H3. The molecule has 0 saturated carbocycles. The number of Topliss-reactive ketones (excluding diaryl/α,β-unsaturated/α-hetero) is 1. The first-order chi connectivity index (χ1) is 18.6. The number of carbonyl (C=O) groups excluding carboxylic acids is 2. The highest BCUT2D eigenvalue weighted by atomic mass is 16.5. The van der Waals surface area contributed by atoms with Crippen molar-refractivity contribution in [2.24, 2.45) is 0 Å². The van der Waals surface area contributed by atoms with Gasteiger partial charge in [0.15, 0.2) is 0 Å². The molecule has 0 aromatic heterocycles. The van der Waals surface area contributed by atoms with Gasteiger partial charge in [-0.15, -0.1) is 0 Å². The number of nitrogens with zero attached hydrogens (tertiary/aromatic N) is 2. The van der Waals surface area contributed by atoms with Crippen LogP contribution in [0.1, 0.15) is 68.8 Å². The van der Waals surface area contributed by atoms with Gasteiger partial charge in [0.1, 0.15) is 11.5 Å². The number of hydrogen-bond donors (Lipinski definition) is 1. The van der Waals surface area contributed by atoms with E-state index in [4.69, 9.17) is 9.47 Å². The number of rotatable bonds is 9. The van der Waals surface area contributed by atoms with Gasteiger partial charge >= 0.3 is 0 Å². The van der Waals surface area contributed by atoms with Crippen molar-refractivity contribution < 1.29 is 24.2 Å². The minimum atomic E-state index is -0.654. The lowest BCUT2D eigenvalue weighted by Crippen LogP contribution is -2.39. The largest absolute Gasteiger partial charge is 0.507 e. The van der Waals surface area contributed by atoms with Gasteiger partial charge in [0.2, 0.25) is 0 Å². The van der Waals surface area contributed by atoms with Crippen LogP contribution in [0.4, 0.5) is 0 Å². The number of hydrogen-bond acceptors (Lipinski definition) is 6.